The number of rotatable bonds is 7. The van der Waals surface area contributed by atoms with E-state index in [-0.39, 0.29) is 11.9 Å². The van der Waals surface area contributed by atoms with Gasteiger partial charge in [0.25, 0.3) is 0 Å². The van der Waals surface area contributed by atoms with Gasteiger partial charge in [-0.05, 0) is 42.9 Å². The van der Waals surface area contributed by atoms with Crippen LogP contribution in [0.25, 0.3) is 11.1 Å². The minimum Gasteiger partial charge on any atom is -0.366 e. The summed E-state index contributed by atoms with van der Waals surface area (Å²) in [6, 6.07) is 7.14. The van der Waals surface area contributed by atoms with Gasteiger partial charge in [-0.25, -0.2) is 9.97 Å². The number of benzene rings is 1. The van der Waals surface area contributed by atoms with Crippen LogP contribution in [0.15, 0.2) is 30.5 Å². The Labute approximate surface area is 190 Å². The number of aromatic nitrogens is 2. The van der Waals surface area contributed by atoms with Crippen LogP contribution in [0, 0.1) is 5.92 Å². The van der Waals surface area contributed by atoms with E-state index in [2.05, 4.69) is 4.98 Å². The van der Waals surface area contributed by atoms with E-state index in [1.807, 2.05) is 42.2 Å². The van der Waals surface area contributed by atoms with Gasteiger partial charge in [-0.15, -0.1) is 0 Å². The Kier molecular flexibility index (Phi) is 6.72. The standard InChI is InChI=1S/C25H33N5O2/c1-29(2)25-27-16-20(18-10-12-19(13-11-18)24(26)32)23(28-25)21-8-5-15-30(21)22(31)14-9-17-6-3-4-7-17/h10-13,16-17,21H,3-9,14-15H2,1-2H3,(H2,26,32)/t21-/m1/s1. The molecule has 0 unspecified atom stereocenters. The van der Waals surface area contributed by atoms with Crippen LogP contribution in [-0.2, 0) is 4.79 Å². The maximum Gasteiger partial charge on any atom is 0.248 e. The van der Waals surface area contributed by atoms with Gasteiger partial charge in [0.05, 0.1) is 11.7 Å². The summed E-state index contributed by atoms with van der Waals surface area (Å²) in [6.45, 7) is 0.773. The lowest BCUT2D eigenvalue weighted by molar-refractivity contribution is -0.132. The molecule has 1 aromatic heterocycles. The average molecular weight is 436 g/mol. The maximum atomic E-state index is 13.2. The van der Waals surface area contributed by atoms with Crippen molar-refractivity contribution in [3.63, 3.8) is 0 Å². The third kappa shape index (κ3) is 4.76. The highest BCUT2D eigenvalue weighted by molar-refractivity contribution is 5.93. The number of amides is 2. The van der Waals surface area contributed by atoms with Gasteiger partial charge < -0.3 is 15.5 Å². The molecule has 7 heteroatoms. The molecule has 1 saturated heterocycles. The van der Waals surface area contributed by atoms with Crippen molar-refractivity contribution in [2.45, 2.75) is 57.4 Å². The maximum absolute atomic E-state index is 13.2. The van der Waals surface area contributed by atoms with E-state index in [1.54, 1.807) is 12.1 Å². The summed E-state index contributed by atoms with van der Waals surface area (Å²) in [7, 11) is 3.83. The lowest BCUT2D eigenvalue weighted by Gasteiger charge is -2.27. The zero-order chi connectivity index (χ0) is 22.7. The molecule has 32 heavy (non-hydrogen) atoms. The molecule has 1 aromatic carbocycles. The predicted molar refractivity (Wildman–Crippen MR) is 125 cm³/mol. The number of carbonyl (C=O) groups is 2. The zero-order valence-electron chi connectivity index (χ0n) is 19.1. The van der Waals surface area contributed by atoms with Crippen LogP contribution in [0.3, 0.4) is 0 Å². The van der Waals surface area contributed by atoms with Crippen LogP contribution in [-0.4, -0.2) is 47.3 Å². The fraction of sp³-hybridized carbons (Fsp3) is 0.520. The van der Waals surface area contributed by atoms with Crippen LogP contribution < -0.4 is 10.6 Å². The summed E-state index contributed by atoms with van der Waals surface area (Å²) in [5, 5.41) is 0. The molecule has 4 rings (SSSR count). The summed E-state index contributed by atoms with van der Waals surface area (Å²) in [6.07, 6.45) is 10.4. The fourth-order valence-electron chi connectivity index (χ4n) is 5.01. The topological polar surface area (TPSA) is 92.4 Å². The number of hydrogen-bond donors (Lipinski definition) is 1. The van der Waals surface area contributed by atoms with Gasteiger partial charge >= 0.3 is 0 Å². The summed E-state index contributed by atoms with van der Waals surface area (Å²) in [5.74, 6) is 1.12. The quantitative estimate of drug-likeness (QED) is 0.711. The molecule has 2 heterocycles. The number of nitrogens with two attached hydrogens (primary N) is 1. The Balaban J connectivity index is 1.62. The van der Waals surface area contributed by atoms with Gasteiger partial charge in [0, 0.05) is 44.4 Å². The zero-order valence-corrected chi connectivity index (χ0v) is 19.1. The molecule has 2 aliphatic rings. The van der Waals surface area contributed by atoms with Gasteiger partial charge in [-0.2, -0.15) is 0 Å². The minimum atomic E-state index is -0.453. The molecule has 0 spiro atoms. The van der Waals surface area contributed by atoms with Crippen molar-refractivity contribution < 1.29 is 9.59 Å². The number of nitrogens with zero attached hydrogens (tertiary/aromatic N) is 4. The molecule has 1 saturated carbocycles. The van der Waals surface area contributed by atoms with Crippen molar-refractivity contribution in [1.29, 1.82) is 0 Å². The van der Waals surface area contributed by atoms with E-state index in [9.17, 15) is 9.59 Å². The first-order chi connectivity index (χ1) is 15.4. The van der Waals surface area contributed by atoms with Crippen LogP contribution >= 0.6 is 0 Å². The van der Waals surface area contributed by atoms with Crippen molar-refractivity contribution in [3.8, 4) is 11.1 Å². The average Bonchev–Trinajstić information content (AvgIpc) is 3.49. The first-order valence-electron chi connectivity index (χ1n) is 11.7. The van der Waals surface area contributed by atoms with Crippen molar-refractivity contribution in [2.75, 3.05) is 25.5 Å². The van der Waals surface area contributed by atoms with Crippen molar-refractivity contribution in [3.05, 3.63) is 41.7 Å². The molecule has 170 valence electrons. The third-order valence-corrected chi connectivity index (χ3v) is 6.82. The van der Waals surface area contributed by atoms with Gasteiger partial charge in [-0.3, -0.25) is 9.59 Å². The highest BCUT2D eigenvalue weighted by Crippen LogP contribution is 2.38. The molecule has 2 fully saturated rings. The Morgan fingerprint density at radius 1 is 1.09 bits per heavy atom. The Hall–Kier alpha value is -2.96. The Bertz CT molecular complexity index is 967. The molecule has 2 N–H and O–H groups in total. The minimum absolute atomic E-state index is 0.0569. The van der Waals surface area contributed by atoms with E-state index < -0.39 is 5.91 Å². The highest BCUT2D eigenvalue weighted by Gasteiger charge is 2.33. The van der Waals surface area contributed by atoms with Crippen LogP contribution in [0.4, 0.5) is 5.95 Å². The molecule has 0 bridgehead atoms. The van der Waals surface area contributed by atoms with Gasteiger partial charge in [0.1, 0.15) is 0 Å². The van der Waals surface area contributed by atoms with E-state index in [0.29, 0.717) is 23.9 Å². The number of hydrogen-bond acceptors (Lipinski definition) is 5. The molecule has 0 radical (unpaired) electrons. The molecular weight excluding hydrogens is 402 g/mol. The van der Waals surface area contributed by atoms with Crippen LogP contribution in [0.5, 0.6) is 0 Å². The summed E-state index contributed by atoms with van der Waals surface area (Å²) < 4.78 is 0. The second-order valence-corrected chi connectivity index (χ2v) is 9.24. The number of primary amides is 1. The fourth-order valence-corrected chi connectivity index (χ4v) is 5.01. The molecule has 1 atom stereocenters. The van der Waals surface area contributed by atoms with Gasteiger partial charge in [-0.1, -0.05) is 37.8 Å². The Morgan fingerprint density at radius 3 is 2.47 bits per heavy atom. The van der Waals surface area contributed by atoms with Crippen molar-refractivity contribution >= 4 is 17.8 Å². The SMILES string of the molecule is CN(C)c1ncc(-c2ccc(C(N)=O)cc2)c([C@H]2CCCN2C(=O)CCC2CCCC2)n1. The molecule has 1 aliphatic heterocycles. The summed E-state index contributed by atoms with van der Waals surface area (Å²) >= 11 is 0. The number of likely N-dealkylation sites (tertiary alicyclic amines) is 1. The third-order valence-electron chi connectivity index (χ3n) is 6.82. The second-order valence-electron chi connectivity index (χ2n) is 9.24. The predicted octanol–water partition coefficient (Wildman–Crippen LogP) is 3.94. The lowest BCUT2D eigenvalue weighted by Crippen LogP contribution is -2.31. The first kappa shape index (κ1) is 22.2. The largest absolute Gasteiger partial charge is 0.366 e. The Morgan fingerprint density at radius 2 is 1.81 bits per heavy atom. The smallest absolute Gasteiger partial charge is 0.248 e. The van der Waals surface area contributed by atoms with Gasteiger partial charge in [0.2, 0.25) is 17.8 Å². The molecule has 2 aromatic rings. The van der Waals surface area contributed by atoms with Crippen molar-refractivity contribution in [2.24, 2.45) is 11.7 Å². The molecule has 7 nitrogen and oxygen atoms in total. The summed E-state index contributed by atoms with van der Waals surface area (Å²) in [4.78, 5) is 38.0. The lowest BCUT2D eigenvalue weighted by atomic mass is 9.98. The normalized spacial score (nSPS) is 18.8. The highest BCUT2D eigenvalue weighted by atomic mass is 16.2. The van der Waals surface area contributed by atoms with Crippen LogP contribution in [0.2, 0.25) is 0 Å². The molecule has 1 aliphatic carbocycles. The second kappa shape index (κ2) is 9.67. The number of carbonyl (C=O) groups excluding carboxylic acids is 2. The van der Waals surface area contributed by atoms with E-state index in [4.69, 9.17) is 10.7 Å². The van der Waals surface area contributed by atoms with E-state index >= 15 is 0 Å². The number of anilines is 1. The van der Waals surface area contributed by atoms with E-state index in [0.717, 1.165) is 42.6 Å². The molecule has 2 amide bonds. The van der Waals surface area contributed by atoms with E-state index in [1.165, 1.54) is 25.7 Å². The van der Waals surface area contributed by atoms with Crippen LogP contribution in [0.1, 0.15) is 73.5 Å². The van der Waals surface area contributed by atoms with Crippen molar-refractivity contribution in [1.82, 2.24) is 14.9 Å². The summed E-state index contributed by atoms with van der Waals surface area (Å²) in [5.41, 5.74) is 8.55. The van der Waals surface area contributed by atoms with Gasteiger partial charge in [0.15, 0.2) is 0 Å². The first-order valence-corrected chi connectivity index (χ1v) is 11.7. The monoisotopic (exact) mass is 435 g/mol. The molecular formula is C25H33N5O2.